The quantitative estimate of drug-likeness (QED) is 0.940. The molecule has 1 aromatic carbocycles. The van der Waals surface area contributed by atoms with Crippen LogP contribution >= 0.6 is 11.3 Å². The maximum Gasteiger partial charge on any atom is 0.267 e. The summed E-state index contributed by atoms with van der Waals surface area (Å²) in [6.45, 7) is 0.383. The van der Waals surface area contributed by atoms with E-state index in [1.54, 1.807) is 24.1 Å². The van der Waals surface area contributed by atoms with Crippen molar-refractivity contribution in [3.63, 3.8) is 0 Å². The summed E-state index contributed by atoms with van der Waals surface area (Å²) in [7, 11) is 5.36. The lowest BCUT2D eigenvalue weighted by atomic mass is 10.2. The minimum Gasteiger partial charge on any atom is -0.382 e. The topological polar surface area (TPSA) is 62.5 Å². The van der Waals surface area contributed by atoms with Gasteiger partial charge in [0.15, 0.2) is 5.13 Å². The van der Waals surface area contributed by atoms with Crippen molar-refractivity contribution >= 4 is 28.2 Å². The maximum absolute atomic E-state index is 12.9. The molecule has 7 heteroatoms. The van der Waals surface area contributed by atoms with Crippen LogP contribution in [0, 0.1) is 5.82 Å². The SMILES string of the molecule is CN(Cc1ccc(F)cc1)C(=O)c1sc(N(C)C)nc1N. The lowest BCUT2D eigenvalue weighted by Gasteiger charge is -2.16. The van der Waals surface area contributed by atoms with E-state index in [9.17, 15) is 9.18 Å². The number of carbonyl (C=O) groups is 1. The highest BCUT2D eigenvalue weighted by molar-refractivity contribution is 7.18. The summed E-state index contributed by atoms with van der Waals surface area (Å²) in [5, 5.41) is 0.686. The molecule has 0 bridgehead atoms. The van der Waals surface area contributed by atoms with Crippen molar-refractivity contribution in [1.29, 1.82) is 0 Å². The van der Waals surface area contributed by atoms with Gasteiger partial charge in [0.25, 0.3) is 5.91 Å². The molecule has 5 nitrogen and oxygen atoms in total. The first kappa shape index (κ1) is 15.2. The molecule has 2 aromatic rings. The number of halogens is 1. The number of hydrogen-bond donors (Lipinski definition) is 1. The molecule has 0 aliphatic heterocycles. The van der Waals surface area contributed by atoms with E-state index in [0.717, 1.165) is 5.56 Å². The van der Waals surface area contributed by atoms with Crippen molar-refractivity contribution in [3.05, 3.63) is 40.5 Å². The highest BCUT2D eigenvalue weighted by Crippen LogP contribution is 2.28. The van der Waals surface area contributed by atoms with Crippen molar-refractivity contribution in [2.24, 2.45) is 0 Å². The Balaban J connectivity index is 2.13. The number of nitrogens with two attached hydrogens (primary N) is 1. The molecule has 21 heavy (non-hydrogen) atoms. The monoisotopic (exact) mass is 308 g/mol. The zero-order valence-corrected chi connectivity index (χ0v) is 12.9. The van der Waals surface area contributed by atoms with Crippen LogP contribution in [-0.4, -0.2) is 36.9 Å². The minimum atomic E-state index is -0.296. The zero-order chi connectivity index (χ0) is 15.6. The minimum absolute atomic E-state index is 0.192. The Morgan fingerprint density at radius 2 is 1.90 bits per heavy atom. The van der Waals surface area contributed by atoms with Crippen LogP contribution in [0.2, 0.25) is 0 Å². The second-order valence-corrected chi connectivity index (χ2v) is 5.87. The number of thiazole rings is 1. The van der Waals surface area contributed by atoms with Gasteiger partial charge in [0.05, 0.1) is 0 Å². The lowest BCUT2D eigenvalue weighted by molar-refractivity contribution is 0.0790. The maximum atomic E-state index is 12.9. The lowest BCUT2D eigenvalue weighted by Crippen LogP contribution is -2.26. The highest BCUT2D eigenvalue weighted by Gasteiger charge is 2.20. The predicted molar refractivity (Wildman–Crippen MR) is 83.1 cm³/mol. The number of anilines is 2. The fourth-order valence-corrected chi connectivity index (χ4v) is 2.68. The molecule has 1 amide bonds. The molecule has 0 aliphatic rings. The van der Waals surface area contributed by atoms with Crippen molar-refractivity contribution in [1.82, 2.24) is 9.88 Å². The van der Waals surface area contributed by atoms with Gasteiger partial charge in [-0.3, -0.25) is 4.79 Å². The molecule has 112 valence electrons. The van der Waals surface area contributed by atoms with Crippen LogP contribution in [0.3, 0.4) is 0 Å². The van der Waals surface area contributed by atoms with E-state index in [0.29, 0.717) is 16.6 Å². The number of nitrogens with zero attached hydrogens (tertiary/aromatic N) is 3. The fraction of sp³-hybridized carbons (Fsp3) is 0.286. The molecule has 0 aliphatic carbocycles. The van der Waals surface area contributed by atoms with Crippen LogP contribution in [-0.2, 0) is 6.54 Å². The highest BCUT2D eigenvalue weighted by atomic mass is 32.1. The number of aromatic nitrogens is 1. The third-order valence-corrected chi connectivity index (χ3v) is 4.13. The molecule has 2 rings (SSSR count). The Hall–Kier alpha value is -2.15. The molecule has 0 saturated heterocycles. The number of hydrogen-bond acceptors (Lipinski definition) is 5. The predicted octanol–water partition coefficient (Wildman–Crippen LogP) is 2.20. The molecule has 1 heterocycles. The van der Waals surface area contributed by atoms with Crippen molar-refractivity contribution in [3.8, 4) is 0 Å². The number of amides is 1. The van der Waals surface area contributed by atoms with Crippen molar-refractivity contribution in [2.45, 2.75) is 6.54 Å². The van der Waals surface area contributed by atoms with Gasteiger partial charge in [-0.2, -0.15) is 0 Å². The van der Waals surface area contributed by atoms with Crippen LogP contribution in [0.25, 0.3) is 0 Å². The van der Waals surface area contributed by atoms with Crippen LogP contribution in [0.4, 0.5) is 15.3 Å². The summed E-state index contributed by atoms with van der Waals surface area (Å²) in [4.78, 5) is 20.3. The first-order valence-corrected chi connectivity index (χ1v) is 7.13. The molecule has 1 aromatic heterocycles. The molecular weight excluding hydrogens is 291 g/mol. The zero-order valence-electron chi connectivity index (χ0n) is 12.1. The summed E-state index contributed by atoms with van der Waals surface area (Å²) in [6.07, 6.45) is 0. The number of nitrogen functional groups attached to an aromatic ring is 1. The third-order valence-electron chi connectivity index (χ3n) is 2.90. The molecule has 0 atom stereocenters. The summed E-state index contributed by atoms with van der Waals surface area (Å²) in [5.41, 5.74) is 6.66. The average Bonchev–Trinajstić information content (AvgIpc) is 2.82. The fourth-order valence-electron chi connectivity index (χ4n) is 1.77. The summed E-state index contributed by atoms with van der Waals surface area (Å²) >= 11 is 1.26. The smallest absolute Gasteiger partial charge is 0.267 e. The Morgan fingerprint density at radius 3 is 2.43 bits per heavy atom. The molecular formula is C14H17FN4OS. The van der Waals surface area contributed by atoms with Gasteiger partial charge in [0, 0.05) is 27.7 Å². The molecule has 0 radical (unpaired) electrons. The van der Waals surface area contributed by atoms with Crippen molar-refractivity contribution < 1.29 is 9.18 Å². The Morgan fingerprint density at radius 1 is 1.29 bits per heavy atom. The first-order chi connectivity index (χ1) is 9.88. The Bertz CT molecular complexity index is 639. The standard InChI is InChI=1S/C14H17FN4OS/c1-18(2)14-17-12(16)11(21-14)13(20)19(3)8-9-4-6-10(15)7-5-9/h4-7H,8,16H2,1-3H3. The molecule has 0 unspecified atom stereocenters. The van der Waals surface area contributed by atoms with E-state index >= 15 is 0 Å². The average molecular weight is 308 g/mol. The van der Waals surface area contributed by atoms with Crippen LogP contribution in [0.15, 0.2) is 24.3 Å². The summed E-state index contributed by atoms with van der Waals surface area (Å²) in [5.74, 6) is -0.253. The number of benzene rings is 1. The Kier molecular flexibility index (Phi) is 4.42. The van der Waals surface area contributed by atoms with E-state index in [4.69, 9.17) is 5.73 Å². The molecule has 2 N–H and O–H groups in total. The molecule has 0 fully saturated rings. The number of rotatable bonds is 4. The second kappa shape index (κ2) is 6.09. The van der Waals surface area contributed by atoms with E-state index in [-0.39, 0.29) is 17.5 Å². The molecule has 0 spiro atoms. The van der Waals surface area contributed by atoms with E-state index in [2.05, 4.69) is 4.98 Å². The van der Waals surface area contributed by atoms with E-state index in [1.807, 2.05) is 14.1 Å². The second-order valence-electron chi connectivity index (χ2n) is 4.89. The van der Waals surface area contributed by atoms with Gasteiger partial charge >= 0.3 is 0 Å². The van der Waals surface area contributed by atoms with E-state index < -0.39 is 0 Å². The Labute approximate surface area is 126 Å². The van der Waals surface area contributed by atoms with Gasteiger partial charge in [0.2, 0.25) is 0 Å². The van der Waals surface area contributed by atoms with Crippen LogP contribution < -0.4 is 10.6 Å². The van der Waals surface area contributed by atoms with Crippen molar-refractivity contribution in [2.75, 3.05) is 31.8 Å². The summed E-state index contributed by atoms with van der Waals surface area (Å²) in [6, 6.07) is 6.05. The third kappa shape index (κ3) is 3.49. The van der Waals surface area contributed by atoms with Crippen LogP contribution in [0.5, 0.6) is 0 Å². The first-order valence-electron chi connectivity index (χ1n) is 6.32. The molecule has 0 saturated carbocycles. The van der Waals surface area contributed by atoms with E-state index in [1.165, 1.54) is 28.4 Å². The van der Waals surface area contributed by atoms with Gasteiger partial charge < -0.3 is 15.5 Å². The largest absolute Gasteiger partial charge is 0.382 e. The van der Waals surface area contributed by atoms with Gasteiger partial charge in [0.1, 0.15) is 16.5 Å². The normalized spacial score (nSPS) is 10.5. The summed E-state index contributed by atoms with van der Waals surface area (Å²) < 4.78 is 12.9. The van der Waals surface area contributed by atoms with Gasteiger partial charge in [-0.15, -0.1) is 0 Å². The van der Waals surface area contributed by atoms with Gasteiger partial charge in [-0.1, -0.05) is 23.5 Å². The van der Waals surface area contributed by atoms with Gasteiger partial charge in [-0.05, 0) is 17.7 Å². The van der Waals surface area contributed by atoms with Crippen LogP contribution in [0.1, 0.15) is 15.2 Å². The van der Waals surface area contributed by atoms with Gasteiger partial charge in [-0.25, -0.2) is 9.37 Å². The number of carbonyl (C=O) groups excluding carboxylic acids is 1.